The minimum atomic E-state index is -3.31. The van der Waals surface area contributed by atoms with Crippen molar-refractivity contribution >= 4 is 15.7 Å². The summed E-state index contributed by atoms with van der Waals surface area (Å²) in [5.74, 6) is -0.800. The average molecular weight is 262 g/mol. The van der Waals surface area contributed by atoms with Gasteiger partial charge in [0.05, 0.1) is 5.25 Å². The molecule has 6 heteroatoms. The van der Waals surface area contributed by atoms with Gasteiger partial charge < -0.3 is 10.6 Å². The Morgan fingerprint density at radius 1 is 1.29 bits per heavy atom. The average Bonchev–Trinajstić information content (AvgIpc) is 2.15. The van der Waals surface area contributed by atoms with E-state index >= 15 is 0 Å². The molecule has 0 aromatic carbocycles. The monoisotopic (exact) mass is 262 g/mol. The number of nitrogens with one attached hydrogen (secondary N) is 2. The zero-order valence-electron chi connectivity index (χ0n) is 10.7. The maximum Gasteiger partial charge on any atom is 0.235 e. The Morgan fingerprint density at radius 2 is 1.82 bits per heavy atom. The molecule has 0 saturated carbocycles. The number of carbonyl (C=O) groups is 1. The van der Waals surface area contributed by atoms with Gasteiger partial charge >= 0.3 is 0 Å². The Kier molecular flexibility index (Phi) is 4.55. The normalized spacial score (nSPS) is 19.0. The minimum Gasteiger partial charge on any atom is -0.351 e. The number of piperidine rings is 1. The van der Waals surface area contributed by atoms with Gasteiger partial charge in [-0.15, -0.1) is 0 Å². The van der Waals surface area contributed by atoms with Gasteiger partial charge in [-0.3, -0.25) is 4.79 Å². The van der Waals surface area contributed by atoms with Crippen LogP contribution in [0.4, 0.5) is 0 Å². The molecule has 0 unspecified atom stereocenters. The van der Waals surface area contributed by atoms with Crippen molar-refractivity contribution in [1.29, 1.82) is 0 Å². The Balaban J connectivity index is 2.57. The summed E-state index contributed by atoms with van der Waals surface area (Å²) in [5.41, 5.74) is -0.388. The summed E-state index contributed by atoms with van der Waals surface area (Å²) in [6.07, 6.45) is 1.20. The SMILES string of the molecule is CC(C)(C)NC(=O)CS(=O)(=O)C1CCNCC1. The first-order valence-electron chi connectivity index (χ1n) is 5.94. The summed E-state index contributed by atoms with van der Waals surface area (Å²) < 4.78 is 24.0. The van der Waals surface area contributed by atoms with Crippen molar-refractivity contribution < 1.29 is 13.2 Å². The van der Waals surface area contributed by atoms with Crippen molar-refractivity contribution in [2.45, 2.75) is 44.4 Å². The lowest BCUT2D eigenvalue weighted by molar-refractivity contribution is -0.120. The van der Waals surface area contributed by atoms with Crippen LogP contribution in [0.2, 0.25) is 0 Å². The highest BCUT2D eigenvalue weighted by atomic mass is 32.2. The predicted molar refractivity (Wildman–Crippen MR) is 67.6 cm³/mol. The van der Waals surface area contributed by atoms with Gasteiger partial charge in [-0.05, 0) is 46.7 Å². The van der Waals surface area contributed by atoms with Crippen molar-refractivity contribution in [1.82, 2.24) is 10.6 Å². The molecular formula is C11H22N2O3S. The van der Waals surface area contributed by atoms with E-state index in [1.165, 1.54) is 0 Å². The van der Waals surface area contributed by atoms with Crippen LogP contribution in [-0.2, 0) is 14.6 Å². The third-order valence-corrected chi connectivity index (χ3v) is 4.79. The van der Waals surface area contributed by atoms with Gasteiger partial charge in [0.1, 0.15) is 5.75 Å². The van der Waals surface area contributed by atoms with Gasteiger partial charge in [-0.1, -0.05) is 0 Å². The zero-order chi connectivity index (χ0) is 13.1. The van der Waals surface area contributed by atoms with E-state index in [1.54, 1.807) is 0 Å². The van der Waals surface area contributed by atoms with Gasteiger partial charge in [0.2, 0.25) is 5.91 Å². The van der Waals surface area contributed by atoms with Crippen molar-refractivity contribution in [2.24, 2.45) is 0 Å². The zero-order valence-corrected chi connectivity index (χ0v) is 11.6. The lowest BCUT2D eigenvalue weighted by Gasteiger charge is -2.24. The van der Waals surface area contributed by atoms with Crippen LogP contribution in [0.5, 0.6) is 0 Å². The summed E-state index contributed by atoms with van der Waals surface area (Å²) in [5, 5.41) is 5.43. The molecule has 1 amide bonds. The second-order valence-corrected chi connectivity index (χ2v) is 7.84. The van der Waals surface area contributed by atoms with E-state index in [0.717, 1.165) is 0 Å². The molecule has 0 aliphatic carbocycles. The Bertz CT molecular complexity index is 365. The molecule has 0 radical (unpaired) electrons. The third kappa shape index (κ3) is 5.04. The molecule has 5 nitrogen and oxygen atoms in total. The number of hydrogen-bond donors (Lipinski definition) is 2. The maximum absolute atomic E-state index is 12.0. The molecule has 1 aliphatic heterocycles. The fourth-order valence-electron chi connectivity index (χ4n) is 1.91. The van der Waals surface area contributed by atoms with Crippen molar-refractivity contribution in [2.75, 3.05) is 18.8 Å². The van der Waals surface area contributed by atoms with E-state index in [2.05, 4.69) is 10.6 Å². The molecule has 17 heavy (non-hydrogen) atoms. The van der Waals surface area contributed by atoms with E-state index < -0.39 is 21.5 Å². The molecule has 0 aromatic rings. The van der Waals surface area contributed by atoms with Crippen LogP contribution in [-0.4, -0.2) is 44.0 Å². The highest BCUT2D eigenvalue weighted by Gasteiger charge is 2.30. The quantitative estimate of drug-likeness (QED) is 0.754. The first-order chi connectivity index (χ1) is 7.71. The van der Waals surface area contributed by atoms with E-state index in [-0.39, 0.29) is 10.8 Å². The van der Waals surface area contributed by atoms with Crippen LogP contribution < -0.4 is 10.6 Å². The van der Waals surface area contributed by atoms with Gasteiger partial charge in [0.15, 0.2) is 9.84 Å². The smallest absolute Gasteiger partial charge is 0.235 e. The van der Waals surface area contributed by atoms with Crippen molar-refractivity contribution in [3.8, 4) is 0 Å². The van der Waals surface area contributed by atoms with Crippen LogP contribution >= 0.6 is 0 Å². The van der Waals surface area contributed by atoms with Crippen LogP contribution in [0.3, 0.4) is 0 Å². The van der Waals surface area contributed by atoms with Crippen LogP contribution in [0, 0.1) is 0 Å². The van der Waals surface area contributed by atoms with Crippen LogP contribution in [0.15, 0.2) is 0 Å². The van der Waals surface area contributed by atoms with Crippen molar-refractivity contribution in [3.63, 3.8) is 0 Å². The molecule has 2 N–H and O–H groups in total. The Morgan fingerprint density at radius 3 is 2.29 bits per heavy atom. The molecular weight excluding hydrogens is 240 g/mol. The standard InChI is InChI=1S/C11H22N2O3S/c1-11(2,3)13-10(14)8-17(15,16)9-4-6-12-7-5-9/h9,12H,4-8H2,1-3H3,(H,13,14). The molecule has 0 bridgehead atoms. The summed E-state index contributed by atoms with van der Waals surface area (Å²) in [4.78, 5) is 11.6. The largest absolute Gasteiger partial charge is 0.351 e. The summed E-state index contributed by atoms with van der Waals surface area (Å²) in [6, 6.07) is 0. The minimum absolute atomic E-state index is 0.366. The Labute approximate surface area is 103 Å². The fourth-order valence-corrected chi connectivity index (χ4v) is 3.54. The summed E-state index contributed by atoms with van der Waals surface area (Å²) in [6.45, 7) is 6.93. The van der Waals surface area contributed by atoms with Gasteiger partial charge in [0, 0.05) is 5.54 Å². The first-order valence-corrected chi connectivity index (χ1v) is 7.65. The molecule has 0 atom stereocenters. The van der Waals surface area contributed by atoms with Gasteiger partial charge in [-0.25, -0.2) is 8.42 Å². The van der Waals surface area contributed by atoms with Crippen LogP contribution in [0.1, 0.15) is 33.6 Å². The molecule has 1 heterocycles. The molecule has 1 fully saturated rings. The summed E-state index contributed by atoms with van der Waals surface area (Å²) >= 11 is 0. The number of carbonyl (C=O) groups excluding carboxylic acids is 1. The predicted octanol–water partition coefficient (Wildman–Crippen LogP) is 0.0679. The topological polar surface area (TPSA) is 75.3 Å². The number of amides is 1. The van der Waals surface area contributed by atoms with Gasteiger partial charge in [0.25, 0.3) is 0 Å². The number of sulfone groups is 1. The molecule has 1 rings (SSSR count). The van der Waals surface area contributed by atoms with Crippen LogP contribution in [0.25, 0.3) is 0 Å². The number of rotatable bonds is 3. The lowest BCUT2D eigenvalue weighted by Crippen LogP contribution is -2.46. The highest BCUT2D eigenvalue weighted by Crippen LogP contribution is 2.14. The van der Waals surface area contributed by atoms with E-state index in [9.17, 15) is 13.2 Å². The van der Waals surface area contributed by atoms with E-state index in [4.69, 9.17) is 0 Å². The first kappa shape index (κ1) is 14.4. The van der Waals surface area contributed by atoms with E-state index in [1.807, 2.05) is 20.8 Å². The lowest BCUT2D eigenvalue weighted by atomic mass is 10.1. The Hall–Kier alpha value is -0.620. The number of hydrogen-bond acceptors (Lipinski definition) is 4. The second kappa shape index (κ2) is 5.35. The van der Waals surface area contributed by atoms with E-state index in [0.29, 0.717) is 25.9 Å². The molecule has 100 valence electrons. The molecule has 1 saturated heterocycles. The highest BCUT2D eigenvalue weighted by molar-refractivity contribution is 7.92. The fraction of sp³-hybridized carbons (Fsp3) is 0.909. The maximum atomic E-state index is 12.0. The van der Waals surface area contributed by atoms with Gasteiger partial charge in [-0.2, -0.15) is 0 Å². The molecule has 0 aromatic heterocycles. The molecule has 0 spiro atoms. The summed E-state index contributed by atoms with van der Waals surface area (Å²) in [7, 11) is -3.31. The van der Waals surface area contributed by atoms with Crippen molar-refractivity contribution in [3.05, 3.63) is 0 Å². The molecule has 1 aliphatic rings. The third-order valence-electron chi connectivity index (χ3n) is 2.64. The second-order valence-electron chi connectivity index (χ2n) is 5.55.